The number of rotatable bonds is 8. The van der Waals surface area contributed by atoms with Gasteiger partial charge in [0.15, 0.2) is 0 Å². The Hall–Kier alpha value is -0.380. The van der Waals surface area contributed by atoms with Crippen LogP contribution in [0.25, 0.3) is 0 Å². The van der Waals surface area contributed by atoms with Gasteiger partial charge in [-0.25, -0.2) is 0 Å². The van der Waals surface area contributed by atoms with Crippen LogP contribution >= 0.6 is 11.8 Å². The molecular formula is C20H38N2O5S. The van der Waals surface area contributed by atoms with Gasteiger partial charge < -0.3 is 30.7 Å². The van der Waals surface area contributed by atoms with Crippen LogP contribution in [0.2, 0.25) is 0 Å². The minimum atomic E-state index is -1.31. The highest BCUT2D eigenvalue weighted by Crippen LogP contribution is 2.30. The van der Waals surface area contributed by atoms with Gasteiger partial charge in [-0.05, 0) is 43.4 Å². The summed E-state index contributed by atoms with van der Waals surface area (Å²) in [4.78, 5) is 12.9. The number of ether oxygens (including phenoxy) is 1. The summed E-state index contributed by atoms with van der Waals surface area (Å²) in [7, 11) is 0. The lowest BCUT2D eigenvalue weighted by atomic mass is 9.88. The molecule has 2 rings (SSSR count). The van der Waals surface area contributed by atoms with Crippen molar-refractivity contribution >= 4 is 17.7 Å². The lowest BCUT2D eigenvalue weighted by molar-refractivity contribution is -0.208. The van der Waals surface area contributed by atoms with Gasteiger partial charge in [-0.2, -0.15) is 0 Å². The zero-order valence-corrected chi connectivity index (χ0v) is 18.5. The number of nitrogens with one attached hydrogen (secondary N) is 2. The zero-order chi connectivity index (χ0) is 21.0. The number of aliphatic hydroxyl groups is 3. The summed E-state index contributed by atoms with van der Waals surface area (Å²) in [6, 6.07) is -0.707. The molecule has 8 atom stereocenters. The standard InChI is InChI=1S/C20H38N2O5S/c1-10(2)6-7-12-8-13(21-9-12)19(26)22-14(11(3)4)18-16(24)15(23)17(25)20(27-18)28-5/h10-18,20-21,23-25H,6-9H2,1-5H3,(H,22,26)/t12-,13?,14-,15+,16-,17-,18-,20-/m1/s1. The number of amides is 1. The van der Waals surface area contributed by atoms with Crippen LogP contribution in [0.5, 0.6) is 0 Å². The maximum absolute atomic E-state index is 12.9. The molecule has 0 aromatic carbocycles. The van der Waals surface area contributed by atoms with Crippen LogP contribution in [0.1, 0.15) is 47.0 Å². The Morgan fingerprint density at radius 3 is 2.43 bits per heavy atom. The molecule has 8 heteroatoms. The van der Waals surface area contributed by atoms with E-state index < -0.39 is 35.9 Å². The van der Waals surface area contributed by atoms with E-state index in [0.29, 0.717) is 11.8 Å². The van der Waals surface area contributed by atoms with Crippen molar-refractivity contribution in [1.29, 1.82) is 0 Å². The Labute approximate surface area is 173 Å². The van der Waals surface area contributed by atoms with Gasteiger partial charge in [0.2, 0.25) is 5.91 Å². The molecule has 0 bridgehead atoms. The number of aliphatic hydroxyl groups excluding tert-OH is 3. The van der Waals surface area contributed by atoms with Crippen molar-refractivity contribution in [3.63, 3.8) is 0 Å². The second-order valence-corrected chi connectivity index (χ2v) is 9.92. The first-order chi connectivity index (χ1) is 13.1. The van der Waals surface area contributed by atoms with Gasteiger partial charge in [-0.1, -0.05) is 34.1 Å². The van der Waals surface area contributed by atoms with Crippen molar-refractivity contribution < 1.29 is 24.9 Å². The van der Waals surface area contributed by atoms with Gasteiger partial charge in [0, 0.05) is 0 Å². The highest BCUT2D eigenvalue weighted by Gasteiger charge is 2.47. The fraction of sp³-hybridized carbons (Fsp3) is 0.950. The summed E-state index contributed by atoms with van der Waals surface area (Å²) in [5.41, 5.74) is -0.647. The quantitative estimate of drug-likeness (QED) is 0.395. The summed E-state index contributed by atoms with van der Waals surface area (Å²) in [6.45, 7) is 9.16. The molecule has 5 N–H and O–H groups in total. The smallest absolute Gasteiger partial charge is 0.237 e. The second-order valence-electron chi connectivity index (χ2n) is 8.99. The third-order valence-corrected chi connectivity index (χ3v) is 6.77. The average molecular weight is 419 g/mol. The fourth-order valence-electron chi connectivity index (χ4n) is 4.06. The maximum atomic E-state index is 12.9. The maximum Gasteiger partial charge on any atom is 0.237 e. The van der Waals surface area contributed by atoms with Crippen LogP contribution in [0, 0.1) is 17.8 Å². The van der Waals surface area contributed by atoms with E-state index in [1.54, 1.807) is 6.26 Å². The van der Waals surface area contributed by atoms with Crippen LogP contribution in [0.3, 0.4) is 0 Å². The van der Waals surface area contributed by atoms with E-state index in [4.69, 9.17) is 4.74 Å². The molecule has 28 heavy (non-hydrogen) atoms. The van der Waals surface area contributed by atoms with Crippen LogP contribution in [-0.2, 0) is 9.53 Å². The molecular weight excluding hydrogens is 380 g/mol. The molecule has 0 saturated carbocycles. The van der Waals surface area contributed by atoms with Crippen LogP contribution in [-0.4, -0.2) is 76.0 Å². The predicted molar refractivity (Wildman–Crippen MR) is 111 cm³/mol. The minimum absolute atomic E-state index is 0.00769. The molecule has 1 amide bonds. The predicted octanol–water partition coefficient (Wildman–Crippen LogP) is 0.712. The monoisotopic (exact) mass is 418 g/mol. The van der Waals surface area contributed by atoms with E-state index in [-0.39, 0.29) is 17.9 Å². The summed E-state index contributed by atoms with van der Waals surface area (Å²) < 4.78 is 5.87. The Balaban J connectivity index is 1.99. The van der Waals surface area contributed by atoms with E-state index in [9.17, 15) is 20.1 Å². The van der Waals surface area contributed by atoms with Crippen molar-refractivity contribution in [3.8, 4) is 0 Å². The largest absolute Gasteiger partial charge is 0.388 e. The summed E-state index contributed by atoms with van der Waals surface area (Å²) in [6.07, 6.45) is 0.353. The highest BCUT2D eigenvalue weighted by atomic mass is 32.2. The number of carbonyl (C=O) groups excluding carboxylic acids is 1. The van der Waals surface area contributed by atoms with Gasteiger partial charge in [0.25, 0.3) is 0 Å². The average Bonchev–Trinajstić information content (AvgIpc) is 3.12. The Morgan fingerprint density at radius 1 is 1.18 bits per heavy atom. The van der Waals surface area contributed by atoms with E-state index >= 15 is 0 Å². The molecule has 0 spiro atoms. The van der Waals surface area contributed by atoms with Crippen molar-refractivity contribution in [2.24, 2.45) is 17.8 Å². The molecule has 7 nitrogen and oxygen atoms in total. The van der Waals surface area contributed by atoms with Crippen molar-refractivity contribution in [1.82, 2.24) is 10.6 Å². The molecule has 2 aliphatic rings. The van der Waals surface area contributed by atoms with E-state index in [0.717, 1.165) is 25.8 Å². The minimum Gasteiger partial charge on any atom is -0.388 e. The molecule has 0 aliphatic carbocycles. The molecule has 2 heterocycles. The zero-order valence-electron chi connectivity index (χ0n) is 17.7. The lowest BCUT2D eigenvalue weighted by Crippen LogP contribution is -2.64. The van der Waals surface area contributed by atoms with Crippen molar-refractivity contribution in [2.75, 3.05) is 12.8 Å². The third-order valence-electron chi connectivity index (χ3n) is 5.91. The van der Waals surface area contributed by atoms with Gasteiger partial charge in [-0.15, -0.1) is 11.8 Å². The van der Waals surface area contributed by atoms with Crippen LogP contribution < -0.4 is 10.6 Å². The Kier molecular flexibility index (Phi) is 9.04. The first-order valence-corrected chi connectivity index (χ1v) is 11.7. The van der Waals surface area contributed by atoms with E-state index in [1.807, 2.05) is 13.8 Å². The second kappa shape index (κ2) is 10.6. The molecule has 2 aliphatic heterocycles. The van der Waals surface area contributed by atoms with Gasteiger partial charge >= 0.3 is 0 Å². The number of carbonyl (C=O) groups is 1. The molecule has 0 radical (unpaired) electrons. The molecule has 0 aromatic rings. The van der Waals surface area contributed by atoms with Crippen molar-refractivity contribution in [2.45, 2.75) is 88.9 Å². The Bertz CT molecular complexity index is 505. The number of hydrogen-bond acceptors (Lipinski definition) is 7. The van der Waals surface area contributed by atoms with Gasteiger partial charge in [0.1, 0.15) is 29.9 Å². The number of hydrogen-bond donors (Lipinski definition) is 5. The first-order valence-electron chi connectivity index (χ1n) is 10.4. The third kappa shape index (κ3) is 5.83. The van der Waals surface area contributed by atoms with E-state index in [2.05, 4.69) is 24.5 Å². The van der Waals surface area contributed by atoms with Crippen molar-refractivity contribution in [3.05, 3.63) is 0 Å². The summed E-state index contributed by atoms with van der Waals surface area (Å²) >= 11 is 1.28. The SMILES string of the molecule is CS[C@H]1O[C@H]([C@H](NC(=O)C2C[C@@H](CCC(C)C)CN2)C(C)C)[C@H](O)[C@H](O)[C@H]1O. The summed E-state index contributed by atoms with van der Waals surface area (Å²) in [5, 5.41) is 37.1. The highest BCUT2D eigenvalue weighted by molar-refractivity contribution is 7.99. The van der Waals surface area contributed by atoms with E-state index in [1.165, 1.54) is 11.8 Å². The Morgan fingerprint density at radius 2 is 1.86 bits per heavy atom. The fourth-order valence-corrected chi connectivity index (χ4v) is 4.74. The molecule has 2 fully saturated rings. The topological polar surface area (TPSA) is 111 Å². The normalized spacial score (nSPS) is 37.4. The molecule has 2 saturated heterocycles. The molecule has 1 unspecified atom stereocenters. The van der Waals surface area contributed by atoms with Gasteiger partial charge in [-0.3, -0.25) is 4.79 Å². The van der Waals surface area contributed by atoms with Gasteiger partial charge in [0.05, 0.1) is 12.1 Å². The van der Waals surface area contributed by atoms with Crippen LogP contribution in [0.15, 0.2) is 0 Å². The summed E-state index contributed by atoms with van der Waals surface area (Å²) in [5.74, 6) is 1.06. The molecule has 164 valence electrons. The number of thioether (sulfide) groups is 1. The van der Waals surface area contributed by atoms with Crippen LogP contribution in [0.4, 0.5) is 0 Å². The lowest BCUT2D eigenvalue weighted by Gasteiger charge is -2.44. The molecule has 0 aromatic heterocycles. The first kappa shape index (κ1) is 23.9.